The van der Waals surface area contributed by atoms with Gasteiger partial charge in [-0.1, -0.05) is 16.8 Å². The van der Waals surface area contributed by atoms with E-state index in [1.165, 1.54) is 16.9 Å². The highest BCUT2D eigenvalue weighted by atomic mass is 35.5. The molecule has 8 nitrogen and oxygen atoms in total. The van der Waals surface area contributed by atoms with Crippen LogP contribution in [0.15, 0.2) is 53.6 Å². The fourth-order valence-corrected chi connectivity index (χ4v) is 3.72. The Morgan fingerprint density at radius 1 is 1.22 bits per heavy atom. The van der Waals surface area contributed by atoms with Gasteiger partial charge in [-0.2, -0.15) is 0 Å². The van der Waals surface area contributed by atoms with E-state index in [-0.39, 0.29) is 22.7 Å². The highest BCUT2D eigenvalue weighted by molar-refractivity contribution is 6.30. The van der Waals surface area contributed by atoms with Crippen LogP contribution >= 0.6 is 11.6 Å². The maximum Gasteiger partial charge on any atom is 0.341 e. The molecule has 4 aromatic rings. The third-order valence-corrected chi connectivity index (χ3v) is 5.63. The van der Waals surface area contributed by atoms with E-state index in [2.05, 4.69) is 15.6 Å². The maximum atomic E-state index is 15.0. The number of anilines is 1. The van der Waals surface area contributed by atoms with Crippen LogP contribution in [-0.4, -0.2) is 30.6 Å². The fraction of sp³-hybridized carbons (Fsp3) is 0.182. The summed E-state index contributed by atoms with van der Waals surface area (Å²) in [5.41, 5.74) is 0.952. The molecule has 5 rings (SSSR count). The van der Waals surface area contributed by atoms with Gasteiger partial charge in [-0.3, -0.25) is 4.79 Å². The molecule has 0 aliphatic heterocycles. The lowest BCUT2D eigenvalue weighted by atomic mass is 10.1. The second-order valence-corrected chi connectivity index (χ2v) is 8.09. The van der Waals surface area contributed by atoms with Gasteiger partial charge in [0, 0.05) is 28.3 Å². The van der Waals surface area contributed by atoms with Crippen LogP contribution in [0.4, 0.5) is 10.1 Å². The number of hydrogen-bond donors (Lipinski definition) is 2. The molecule has 0 unspecified atom stereocenters. The van der Waals surface area contributed by atoms with E-state index in [1.54, 1.807) is 22.9 Å². The number of carboxylic acid groups (broad SMARTS) is 1. The lowest BCUT2D eigenvalue weighted by molar-refractivity contribution is 0.0695. The number of aromatic nitrogens is 4. The Morgan fingerprint density at radius 3 is 2.66 bits per heavy atom. The molecule has 2 heterocycles. The van der Waals surface area contributed by atoms with Crippen LogP contribution in [0.2, 0.25) is 5.02 Å². The SMILES string of the molecule is O=C(O)c1cn(C2CC2)c2cc(-n3cc(CNc4ccc(Cl)cc4)nn3)c(F)cc2c1=O. The molecule has 10 heteroatoms. The average molecular weight is 454 g/mol. The number of carboxylic acids is 1. The Bertz CT molecular complexity index is 1410. The van der Waals surface area contributed by atoms with E-state index in [0.29, 0.717) is 22.8 Å². The van der Waals surface area contributed by atoms with Gasteiger partial charge in [-0.15, -0.1) is 5.10 Å². The third kappa shape index (κ3) is 3.71. The molecule has 2 N–H and O–H groups in total. The molecule has 162 valence electrons. The van der Waals surface area contributed by atoms with Crippen molar-refractivity contribution in [2.45, 2.75) is 25.4 Å². The predicted octanol–water partition coefficient (Wildman–Crippen LogP) is 4.02. The second-order valence-electron chi connectivity index (χ2n) is 7.65. The van der Waals surface area contributed by atoms with Crippen molar-refractivity contribution in [3.05, 3.63) is 81.1 Å². The smallest absolute Gasteiger partial charge is 0.341 e. The molecule has 1 saturated carbocycles. The number of fused-ring (bicyclic) bond motifs is 1. The van der Waals surface area contributed by atoms with Crippen molar-refractivity contribution in [1.82, 2.24) is 19.6 Å². The zero-order valence-electron chi connectivity index (χ0n) is 16.6. The number of halogens is 2. The van der Waals surface area contributed by atoms with Gasteiger partial charge in [0.05, 0.1) is 18.3 Å². The Morgan fingerprint density at radius 2 is 1.97 bits per heavy atom. The van der Waals surface area contributed by atoms with Crippen molar-refractivity contribution >= 4 is 34.2 Å². The summed E-state index contributed by atoms with van der Waals surface area (Å²) in [6.45, 7) is 0.367. The molecule has 0 saturated heterocycles. The first-order chi connectivity index (χ1) is 15.4. The number of benzene rings is 2. The van der Waals surface area contributed by atoms with Crippen LogP contribution < -0.4 is 10.7 Å². The Kier molecular flexibility index (Phi) is 4.90. The van der Waals surface area contributed by atoms with Gasteiger partial charge in [0.15, 0.2) is 0 Å². The summed E-state index contributed by atoms with van der Waals surface area (Å²) in [4.78, 5) is 24.1. The molecule has 1 aliphatic carbocycles. The van der Waals surface area contributed by atoms with Gasteiger partial charge >= 0.3 is 5.97 Å². The minimum atomic E-state index is -1.33. The molecule has 1 aliphatic rings. The molecule has 32 heavy (non-hydrogen) atoms. The second kappa shape index (κ2) is 7.76. The summed E-state index contributed by atoms with van der Waals surface area (Å²) in [5, 5.41) is 21.3. The van der Waals surface area contributed by atoms with Crippen molar-refractivity contribution < 1.29 is 14.3 Å². The quantitative estimate of drug-likeness (QED) is 0.457. The normalized spacial score (nSPS) is 13.4. The topological polar surface area (TPSA) is 102 Å². The van der Waals surface area contributed by atoms with Crippen molar-refractivity contribution in [1.29, 1.82) is 0 Å². The van der Waals surface area contributed by atoms with Gasteiger partial charge in [-0.25, -0.2) is 13.9 Å². The maximum absolute atomic E-state index is 15.0. The van der Waals surface area contributed by atoms with Gasteiger partial charge < -0.3 is 15.0 Å². The standard InChI is InChI=1S/C22H17ClFN5O3/c23-12-1-3-13(4-2-12)25-9-14-10-29(27-26-14)20-8-19-16(7-18(20)24)21(30)17(22(31)32)11-28(19)15-5-6-15/h1-4,7-8,10-11,15,25H,5-6,9H2,(H,31,32). The molecule has 0 bridgehead atoms. The van der Waals surface area contributed by atoms with Crippen LogP contribution in [0.3, 0.4) is 0 Å². The molecule has 2 aromatic carbocycles. The van der Waals surface area contributed by atoms with Crippen LogP contribution in [0.5, 0.6) is 0 Å². The number of nitrogens with one attached hydrogen (secondary N) is 1. The number of carbonyl (C=O) groups is 1. The number of pyridine rings is 1. The highest BCUT2D eigenvalue weighted by Gasteiger charge is 2.27. The van der Waals surface area contributed by atoms with Gasteiger partial charge in [0.2, 0.25) is 5.43 Å². The Balaban J connectivity index is 1.51. The lowest BCUT2D eigenvalue weighted by Crippen LogP contribution is -2.19. The minimum Gasteiger partial charge on any atom is -0.477 e. The number of rotatable bonds is 6. The number of nitrogens with zero attached hydrogens (tertiary/aromatic N) is 4. The van der Waals surface area contributed by atoms with Gasteiger partial charge in [0.1, 0.15) is 22.8 Å². The van der Waals surface area contributed by atoms with E-state index in [9.17, 15) is 19.1 Å². The zero-order chi connectivity index (χ0) is 22.4. The van der Waals surface area contributed by atoms with Crippen molar-refractivity contribution in [3.8, 4) is 5.69 Å². The van der Waals surface area contributed by atoms with E-state index >= 15 is 0 Å². The molecule has 1 fully saturated rings. The Labute approximate surface area is 185 Å². The lowest BCUT2D eigenvalue weighted by Gasteiger charge is -2.13. The molecular formula is C22H17ClFN5O3. The summed E-state index contributed by atoms with van der Waals surface area (Å²) in [5.74, 6) is -2.02. The molecule has 0 amide bonds. The molecule has 2 aromatic heterocycles. The van der Waals surface area contributed by atoms with Gasteiger partial charge in [-0.05, 0) is 49.2 Å². The first-order valence-electron chi connectivity index (χ1n) is 9.93. The highest BCUT2D eigenvalue weighted by Crippen LogP contribution is 2.37. The van der Waals surface area contributed by atoms with Crippen LogP contribution in [0.25, 0.3) is 16.6 Å². The van der Waals surface area contributed by atoms with Crippen LogP contribution in [-0.2, 0) is 6.54 Å². The third-order valence-electron chi connectivity index (χ3n) is 5.38. The number of aromatic carboxylic acids is 1. The average Bonchev–Trinajstić information content (AvgIpc) is 3.51. The summed E-state index contributed by atoms with van der Waals surface area (Å²) in [6, 6.07) is 9.87. The summed E-state index contributed by atoms with van der Waals surface area (Å²) >= 11 is 5.89. The number of hydrogen-bond acceptors (Lipinski definition) is 5. The summed E-state index contributed by atoms with van der Waals surface area (Å²) in [7, 11) is 0. The summed E-state index contributed by atoms with van der Waals surface area (Å²) in [6.07, 6.45) is 4.68. The predicted molar refractivity (Wildman–Crippen MR) is 117 cm³/mol. The first kappa shape index (κ1) is 20.2. The molecule has 0 spiro atoms. The fourth-order valence-electron chi connectivity index (χ4n) is 3.60. The van der Waals surface area contributed by atoms with E-state index in [4.69, 9.17) is 11.6 Å². The minimum absolute atomic E-state index is 0.0304. The summed E-state index contributed by atoms with van der Waals surface area (Å²) < 4.78 is 18.0. The monoisotopic (exact) mass is 453 g/mol. The largest absolute Gasteiger partial charge is 0.477 e. The Hall–Kier alpha value is -3.72. The van der Waals surface area contributed by atoms with Crippen LogP contribution in [0, 0.1) is 5.82 Å². The zero-order valence-corrected chi connectivity index (χ0v) is 17.4. The molecule has 0 atom stereocenters. The molecule has 0 radical (unpaired) electrons. The van der Waals surface area contributed by atoms with Crippen molar-refractivity contribution in [2.75, 3.05) is 5.32 Å². The van der Waals surface area contributed by atoms with Crippen molar-refractivity contribution in [2.24, 2.45) is 0 Å². The molecular weight excluding hydrogens is 437 g/mol. The van der Waals surface area contributed by atoms with E-state index in [0.717, 1.165) is 24.6 Å². The van der Waals surface area contributed by atoms with Crippen LogP contribution in [0.1, 0.15) is 34.9 Å². The van der Waals surface area contributed by atoms with E-state index in [1.807, 2.05) is 12.1 Å². The van der Waals surface area contributed by atoms with Gasteiger partial charge in [0.25, 0.3) is 0 Å². The first-order valence-corrected chi connectivity index (χ1v) is 10.3. The van der Waals surface area contributed by atoms with Crippen molar-refractivity contribution in [3.63, 3.8) is 0 Å². The van der Waals surface area contributed by atoms with E-state index < -0.39 is 17.2 Å².